The summed E-state index contributed by atoms with van der Waals surface area (Å²) in [5.41, 5.74) is 2.97. The number of pyridine rings is 1. The van der Waals surface area contributed by atoms with Gasteiger partial charge in [-0.2, -0.15) is 0 Å². The third kappa shape index (κ3) is 5.82. The summed E-state index contributed by atoms with van der Waals surface area (Å²) < 4.78 is 65.1. The van der Waals surface area contributed by atoms with E-state index in [0.29, 0.717) is 55.1 Å². The van der Waals surface area contributed by atoms with Crippen LogP contribution in [0, 0.1) is 5.82 Å². The van der Waals surface area contributed by atoms with E-state index >= 15 is 0 Å². The van der Waals surface area contributed by atoms with E-state index in [1.807, 2.05) is 0 Å². The van der Waals surface area contributed by atoms with Crippen molar-refractivity contribution in [2.75, 3.05) is 25.6 Å². The number of nitrogens with zero attached hydrogens (tertiary/aromatic N) is 3. The maximum absolute atomic E-state index is 14.1. The fourth-order valence-electron chi connectivity index (χ4n) is 5.20. The molecule has 0 N–H and O–H groups in total. The minimum Gasteiger partial charge on any atom is -0.497 e. The van der Waals surface area contributed by atoms with E-state index in [-0.39, 0.29) is 23.1 Å². The van der Waals surface area contributed by atoms with Crippen molar-refractivity contribution in [2.24, 2.45) is 0 Å². The lowest BCUT2D eigenvalue weighted by atomic mass is 9.96. The van der Waals surface area contributed by atoms with Crippen LogP contribution in [0.5, 0.6) is 17.4 Å². The SMILES string of the molecule is COc1ccc(CN(c2ccon2)S(=O)(=O)c2ccc3c(-c4cc(Cl)c(-c5cccc(F)c5)cc4OC)c(OC)ncc3c2)cc1. The van der Waals surface area contributed by atoms with Crippen LogP contribution < -0.4 is 18.5 Å². The predicted octanol–water partition coefficient (Wildman–Crippen LogP) is 7.77. The molecular weight excluding hydrogens is 633 g/mol. The van der Waals surface area contributed by atoms with Gasteiger partial charge in [-0.25, -0.2) is 22.1 Å². The van der Waals surface area contributed by atoms with Crippen molar-refractivity contribution in [1.82, 2.24) is 10.1 Å². The maximum atomic E-state index is 14.1. The highest BCUT2D eigenvalue weighted by atomic mass is 35.5. The third-order valence-electron chi connectivity index (χ3n) is 7.47. The van der Waals surface area contributed by atoms with Gasteiger partial charge in [-0.05, 0) is 65.0 Å². The molecular formula is C34H27ClFN3O6S. The molecule has 9 nitrogen and oxygen atoms in total. The van der Waals surface area contributed by atoms with Crippen LogP contribution in [-0.2, 0) is 16.6 Å². The van der Waals surface area contributed by atoms with E-state index in [0.717, 1.165) is 0 Å². The molecule has 0 saturated heterocycles. The Labute approximate surface area is 269 Å². The molecule has 0 amide bonds. The van der Waals surface area contributed by atoms with Gasteiger partial charge in [-0.3, -0.25) is 0 Å². The average Bonchev–Trinajstić information content (AvgIpc) is 3.61. The summed E-state index contributed by atoms with van der Waals surface area (Å²) in [5, 5.41) is 5.42. The minimum atomic E-state index is -4.14. The lowest BCUT2D eigenvalue weighted by Crippen LogP contribution is -2.30. The van der Waals surface area contributed by atoms with E-state index < -0.39 is 15.8 Å². The van der Waals surface area contributed by atoms with Crippen molar-refractivity contribution in [3.05, 3.63) is 114 Å². The van der Waals surface area contributed by atoms with Crippen molar-refractivity contribution in [2.45, 2.75) is 11.4 Å². The number of rotatable bonds is 10. The summed E-state index contributed by atoms with van der Waals surface area (Å²) in [6, 6.07) is 22.8. The molecule has 0 aliphatic rings. The molecule has 234 valence electrons. The zero-order valence-corrected chi connectivity index (χ0v) is 26.5. The molecule has 0 saturated carbocycles. The van der Waals surface area contributed by atoms with E-state index in [9.17, 15) is 12.8 Å². The smallest absolute Gasteiger partial charge is 0.265 e. The van der Waals surface area contributed by atoms with Crippen molar-refractivity contribution in [3.63, 3.8) is 0 Å². The standard InChI is InChI=1S/C34H27ClFN3O6S/c1-42-25-9-7-21(8-10-25)20-39(32-13-14-45-38-32)46(40,41)26-11-12-27-23(16-26)19-37-34(44-3)33(27)29-17-30(35)28(18-31(29)43-2)22-5-4-6-24(36)15-22/h4-19H,20H2,1-3H3. The summed E-state index contributed by atoms with van der Waals surface area (Å²) in [6.07, 6.45) is 2.85. The molecule has 0 aliphatic carbocycles. The molecule has 46 heavy (non-hydrogen) atoms. The summed E-state index contributed by atoms with van der Waals surface area (Å²) in [4.78, 5) is 4.50. The number of ether oxygens (including phenoxy) is 3. The second kappa shape index (κ2) is 12.7. The zero-order valence-electron chi connectivity index (χ0n) is 24.9. The van der Waals surface area contributed by atoms with Gasteiger partial charge < -0.3 is 18.7 Å². The number of aromatic nitrogens is 2. The number of fused-ring (bicyclic) bond motifs is 1. The van der Waals surface area contributed by atoms with Crippen molar-refractivity contribution < 1.29 is 31.5 Å². The quantitative estimate of drug-likeness (QED) is 0.147. The maximum Gasteiger partial charge on any atom is 0.265 e. The van der Waals surface area contributed by atoms with Gasteiger partial charge in [0.2, 0.25) is 5.88 Å². The van der Waals surface area contributed by atoms with Crippen LogP contribution in [0.4, 0.5) is 10.2 Å². The Bertz CT molecular complexity index is 2140. The first-order valence-electron chi connectivity index (χ1n) is 13.9. The number of hydrogen-bond acceptors (Lipinski definition) is 8. The molecule has 0 radical (unpaired) electrons. The summed E-state index contributed by atoms with van der Waals surface area (Å²) in [6.45, 7) is -0.00360. The van der Waals surface area contributed by atoms with Crippen LogP contribution in [-0.4, -0.2) is 39.9 Å². The Morgan fingerprint density at radius 3 is 2.37 bits per heavy atom. The monoisotopic (exact) mass is 659 g/mol. The lowest BCUT2D eigenvalue weighted by molar-refractivity contribution is 0.398. The van der Waals surface area contributed by atoms with Crippen LogP contribution in [0.15, 0.2) is 107 Å². The number of hydrogen-bond donors (Lipinski definition) is 0. The minimum absolute atomic E-state index is 0.00360. The summed E-state index contributed by atoms with van der Waals surface area (Å²) in [7, 11) is 0.421. The van der Waals surface area contributed by atoms with E-state index in [1.165, 1.54) is 61.3 Å². The van der Waals surface area contributed by atoms with Crippen molar-refractivity contribution >= 4 is 38.2 Å². The molecule has 2 heterocycles. The number of benzene rings is 4. The molecule has 12 heteroatoms. The van der Waals surface area contributed by atoms with Crippen LogP contribution in [0.1, 0.15) is 5.56 Å². The summed E-state index contributed by atoms with van der Waals surface area (Å²) >= 11 is 6.75. The second-order valence-electron chi connectivity index (χ2n) is 10.2. The van der Waals surface area contributed by atoms with Gasteiger partial charge in [0.15, 0.2) is 5.82 Å². The van der Waals surface area contributed by atoms with Crippen LogP contribution >= 0.6 is 11.6 Å². The molecule has 6 rings (SSSR count). The largest absolute Gasteiger partial charge is 0.497 e. The molecule has 0 aliphatic heterocycles. The van der Waals surface area contributed by atoms with E-state index in [4.69, 9.17) is 30.3 Å². The second-order valence-corrected chi connectivity index (χ2v) is 12.4. The van der Waals surface area contributed by atoms with Gasteiger partial charge in [-0.15, -0.1) is 0 Å². The Morgan fingerprint density at radius 1 is 0.891 bits per heavy atom. The molecule has 0 spiro atoms. The van der Waals surface area contributed by atoms with Crippen molar-refractivity contribution in [1.29, 1.82) is 0 Å². The number of anilines is 1. The third-order valence-corrected chi connectivity index (χ3v) is 9.53. The predicted molar refractivity (Wildman–Crippen MR) is 174 cm³/mol. The molecule has 4 aromatic carbocycles. The molecule has 0 bridgehead atoms. The summed E-state index contributed by atoms with van der Waals surface area (Å²) in [5.74, 6) is 1.09. The van der Waals surface area contributed by atoms with E-state index in [1.54, 1.807) is 61.7 Å². The topological polar surface area (TPSA) is 104 Å². The highest BCUT2D eigenvalue weighted by Gasteiger charge is 2.28. The fourth-order valence-corrected chi connectivity index (χ4v) is 6.90. The molecule has 0 atom stereocenters. The van der Waals surface area contributed by atoms with Crippen LogP contribution in [0.25, 0.3) is 33.0 Å². The first-order chi connectivity index (χ1) is 22.2. The van der Waals surface area contributed by atoms with Gasteiger partial charge in [-0.1, -0.05) is 47.1 Å². The first-order valence-corrected chi connectivity index (χ1v) is 15.7. The normalized spacial score (nSPS) is 11.4. The first kappa shape index (κ1) is 30.9. The van der Waals surface area contributed by atoms with Crippen LogP contribution in [0.3, 0.4) is 0 Å². The number of halogens is 2. The Hall–Kier alpha value is -5.13. The van der Waals surface area contributed by atoms with Gasteiger partial charge in [0.05, 0.1) is 38.3 Å². The van der Waals surface area contributed by atoms with Gasteiger partial charge in [0.25, 0.3) is 10.0 Å². The highest BCUT2D eigenvalue weighted by molar-refractivity contribution is 7.92. The van der Waals surface area contributed by atoms with Gasteiger partial charge in [0, 0.05) is 33.8 Å². The van der Waals surface area contributed by atoms with Gasteiger partial charge >= 0.3 is 0 Å². The zero-order chi connectivity index (χ0) is 32.4. The Balaban J connectivity index is 1.46. The molecule has 6 aromatic rings. The lowest BCUT2D eigenvalue weighted by Gasteiger charge is -2.22. The Morgan fingerprint density at radius 2 is 1.70 bits per heavy atom. The van der Waals surface area contributed by atoms with E-state index in [2.05, 4.69) is 10.1 Å². The Kier molecular flexibility index (Phi) is 8.53. The van der Waals surface area contributed by atoms with Crippen LogP contribution in [0.2, 0.25) is 5.02 Å². The van der Waals surface area contributed by atoms with Gasteiger partial charge in [0.1, 0.15) is 23.6 Å². The molecule has 2 aromatic heterocycles. The highest BCUT2D eigenvalue weighted by Crippen LogP contribution is 2.45. The average molecular weight is 660 g/mol. The molecule has 0 fully saturated rings. The fraction of sp³-hybridized carbons (Fsp3) is 0.118. The molecule has 0 unspecified atom stereocenters. The number of methoxy groups -OCH3 is 3. The number of sulfonamides is 1. The van der Waals surface area contributed by atoms with Crippen molar-refractivity contribution in [3.8, 4) is 39.6 Å².